The van der Waals surface area contributed by atoms with Gasteiger partial charge in [-0.3, -0.25) is 0 Å². The first-order valence-electron chi connectivity index (χ1n) is 11.2. The van der Waals surface area contributed by atoms with E-state index in [1.165, 1.54) is 0 Å². The molecule has 0 bridgehead atoms. The number of aromatic nitrogens is 4. The Kier molecular flexibility index (Phi) is 5.90. The molecule has 0 unspecified atom stereocenters. The van der Waals surface area contributed by atoms with Crippen molar-refractivity contribution in [3.8, 4) is 0 Å². The molecule has 0 atom stereocenters. The van der Waals surface area contributed by atoms with Gasteiger partial charge < -0.3 is 20.7 Å². The van der Waals surface area contributed by atoms with Gasteiger partial charge in [0, 0.05) is 24.2 Å². The number of carbonyl (C=O) groups is 1. The maximum atomic E-state index is 13.1. The molecule has 172 valence electrons. The fourth-order valence-electron chi connectivity index (χ4n) is 4.03. The van der Waals surface area contributed by atoms with E-state index in [4.69, 9.17) is 15.5 Å². The number of fused-ring (bicyclic) bond motifs is 1. The van der Waals surface area contributed by atoms with E-state index in [0.717, 1.165) is 48.1 Å². The summed E-state index contributed by atoms with van der Waals surface area (Å²) in [5, 5.41) is 4.02. The van der Waals surface area contributed by atoms with Gasteiger partial charge in [0.05, 0.1) is 5.52 Å². The molecule has 2 aromatic heterocycles. The van der Waals surface area contributed by atoms with Gasteiger partial charge in [0.15, 0.2) is 12.4 Å². The number of carbonyl (C=O) groups excluding carboxylic acids is 1. The number of benzene rings is 2. The summed E-state index contributed by atoms with van der Waals surface area (Å²) in [7, 11) is 0. The number of rotatable bonds is 6. The number of nitrogens with one attached hydrogen (secondary N) is 1. The standard InChI is InChI=1S/C25H25N7O2/c1-16-8-2-4-10-19(16)28-25-30-21(29-24(26)31-25)15-34-23(33)18-14-17-9-3-5-11-20(17)27-22(18)32-12-6-7-13-32/h2-5,8-11,14H,6-7,12-13,15H2,1H3,(H3,26,28,29,30,31). The van der Waals surface area contributed by atoms with Crippen LogP contribution in [-0.2, 0) is 11.3 Å². The van der Waals surface area contributed by atoms with E-state index in [-0.39, 0.29) is 24.3 Å². The van der Waals surface area contributed by atoms with Crippen molar-refractivity contribution < 1.29 is 9.53 Å². The molecule has 0 amide bonds. The molecule has 9 heteroatoms. The molecule has 1 fully saturated rings. The van der Waals surface area contributed by atoms with Crippen molar-refractivity contribution in [2.45, 2.75) is 26.4 Å². The zero-order valence-corrected chi connectivity index (χ0v) is 18.9. The summed E-state index contributed by atoms with van der Waals surface area (Å²) in [5.74, 6) is 0.763. The van der Waals surface area contributed by atoms with E-state index in [1.54, 1.807) is 0 Å². The summed E-state index contributed by atoms with van der Waals surface area (Å²) >= 11 is 0. The van der Waals surface area contributed by atoms with Crippen molar-refractivity contribution in [1.82, 2.24) is 19.9 Å². The highest BCUT2D eigenvalue weighted by molar-refractivity contribution is 5.99. The summed E-state index contributed by atoms with van der Waals surface area (Å²) in [5.41, 5.74) is 9.05. The first kappa shape index (κ1) is 21.6. The Morgan fingerprint density at radius 1 is 1.03 bits per heavy atom. The van der Waals surface area contributed by atoms with Crippen LogP contribution in [0, 0.1) is 6.92 Å². The number of nitrogens with two attached hydrogens (primary N) is 1. The largest absolute Gasteiger partial charge is 0.454 e. The summed E-state index contributed by atoms with van der Waals surface area (Å²) in [4.78, 5) is 32.7. The van der Waals surface area contributed by atoms with Crippen LogP contribution in [0.25, 0.3) is 10.9 Å². The quantitative estimate of drug-likeness (QED) is 0.416. The third-order valence-electron chi connectivity index (χ3n) is 5.75. The van der Waals surface area contributed by atoms with Crippen molar-refractivity contribution in [1.29, 1.82) is 0 Å². The van der Waals surface area contributed by atoms with Crippen LogP contribution in [-0.4, -0.2) is 39.0 Å². The topological polar surface area (TPSA) is 119 Å². The third kappa shape index (κ3) is 4.59. The molecule has 0 aliphatic carbocycles. The predicted molar refractivity (Wildman–Crippen MR) is 131 cm³/mol. The van der Waals surface area contributed by atoms with Gasteiger partial charge in [0.2, 0.25) is 11.9 Å². The second-order valence-corrected chi connectivity index (χ2v) is 8.20. The van der Waals surface area contributed by atoms with E-state index in [1.807, 2.05) is 61.5 Å². The zero-order valence-electron chi connectivity index (χ0n) is 18.9. The number of hydrogen-bond acceptors (Lipinski definition) is 9. The highest BCUT2D eigenvalue weighted by atomic mass is 16.5. The number of nitrogen functional groups attached to an aromatic ring is 1. The highest BCUT2D eigenvalue weighted by Crippen LogP contribution is 2.27. The Morgan fingerprint density at radius 2 is 1.79 bits per heavy atom. The Bertz CT molecular complexity index is 1350. The normalized spacial score (nSPS) is 13.3. The average molecular weight is 456 g/mol. The Labute approximate surface area is 197 Å². The molecule has 3 N–H and O–H groups in total. The summed E-state index contributed by atoms with van der Waals surface area (Å²) in [6.45, 7) is 3.57. The molecule has 0 spiro atoms. The van der Waals surface area contributed by atoms with Crippen LogP contribution in [0.4, 0.5) is 23.4 Å². The molecule has 2 aromatic carbocycles. The summed E-state index contributed by atoms with van der Waals surface area (Å²) in [6, 6.07) is 17.3. The van der Waals surface area contributed by atoms with E-state index >= 15 is 0 Å². The fraction of sp³-hybridized carbons (Fsp3) is 0.240. The minimum absolute atomic E-state index is 0.0438. The van der Waals surface area contributed by atoms with Crippen molar-refractivity contribution >= 4 is 40.3 Å². The lowest BCUT2D eigenvalue weighted by atomic mass is 10.1. The van der Waals surface area contributed by atoms with Crippen molar-refractivity contribution in [3.63, 3.8) is 0 Å². The van der Waals surface area contributed by atoms with Crippen LogP contribution in [0.5, 0.6) is 0 Å². The van der Waals surface area contributed by atoms with Gasteiger partial charge in [0.1, 0.15) is 11.4 Å². The van der Waals surface area contributed by atoms with Crippen LogP contribution in [0.1, 0.15) is 34.6 Å². The predicted octanol–water partition coefficient (Wildman–Crippen LogP) is 4.01. The van der Waals surface area contributed by atoms with Gasteiger partial charge in [0.25, 0.3) is 0 Å². The Balaban J connectivity index is 1.37. The monoisotopic (exact) mass is 455 g/mol. The van der Waals surface area contributed by atoms with Gasteiger partial charge in [-0.15, -0.1) is 0 Å². The number of para-hydroxylation sites is 2. The fourth-order valence-corrected chi connectivity index (χ4v) is 4.03. The molecule has 0 radical (unpaired) electrons. The second-order valence-electron chi connectivity index (χ2n) is 8.20. The SMILES string of the molecule is Cc1ccccc1Nc1nc(N)nc(COC(=O)c2cc3ccccc3nc2N2CCCC2)n1. The summed E-state index contributed by atoms with van der Waals surface area (Å²) in [6.07, 6.45) is 2.15. The van der Waals surface area contributed by atoms with Crippen LogP contribution < -0.4 is 16.0 Å². The van der Waals surface area contributed by atoms with Crippen LogP contribution >= 0.6 is 0 Å². The van der Waals surface area contributed by atoms with Gasteiger partial charge in [-0.05, 0) is 43.5 Å². The maximum absolute atomic E-state index is 13.1. The first-order chi connectivity index (χ1) is 16.6. The molecule has 0 saturated carbocycles. The Hall–Kier alpha value is -4.27. The van der Waals surface area contributed by atoms with E-state index in [0.29, 0.717) is 11.4 Å². The first-order valence-corrected chi connectivity index (χ1v) is 11.2. The number of esters is 1. The molecule has 1 saturated heterocycles. The maximum Gasteiger partial charge on any atom is 0.342 e. The molecule has 5 rings (SSSR count). The lowest BCUT2D eigenvalue weighted by molar-refractivity contribution is 0.0462. The molecular formula is C25H25N7O2. The molecule has 3 heterocycles. The second kappa shape index (κ2) is 9.30. The van der Waals surface area contributed by atoms with Gasteiger partial charge in [-0.2, -0.15) is 15.0 Å². The Morgan fingerprint density at radius 3 is 2.62 bits per heavy atom. The average Bonchev–Trinajstić information content (AvgIpc) is 3.38. The number of aryl methyl sites for hydroxylation is 1. The highest BCUT2D eigenvalue weighted by Gasteiger charge is 2.23. The molecule has 34 heavy (non-hydrogen) atoms. The van der Waals surface area contributed by atoms with Crippen molar-refractivity contribution in [2.75, 3.05) is 29.0 Å². The lowest BCUT2D eigenvalue weighted by Crippen LogP contribution is -2.23. The zero-order chi connectivity index (χ0) is 23.5. The summed E-state index contributed by atoms with van der Waals surface area (Å²) < 4.78 is 5.61. The van der Waals surface area contributed by atoms with Crippen LogP contribution in [0.3, 0.4) is 0 Å². The molecular weight excluding hydrogens is 430 g/mol. The number of anilines is 4. The molecule has 1 aliphatic rings. The van der Waals surface area contributed by atoms with Crippen LogP contribution in [0.2, 0.25) is 0 Å². The van der Waals surface area contributed by atoms with E-state index in [2.05, 4.69) is 25.2 Å². The number of nitrogens with zero attached hydrogens (tertiary/aromatic N) is 5. The van der Waals surface area contributed by atoms with E-state index < -0.39 is 5.97 Å². The smallest absolute Gasteiger partial charge is 0.342 e. The van der Waals surface area contributed by atoms with E-state index in [9.17, 15) is 4.79 Å². The van der Waals surface area contributed by atoms with Gasteiger partial charge in [-0.1, -0.05) is 36.4 Å². The number of ether oxygens (including phenoxy) is 1. The van der Waals surface area contributed by atoms with Crippen LogP contribution in [0.15, 0.2) is 54.6 Å². The minimum atomic E-state index is -0.479. The van der Waals surface area contributed by atoms with Gasteiger partial charge >= 0.3 is 5.97 Å². The number of pyridine rings is 1. The molecule has 4 aromatic rings. The molecule has 9 nitrogen and oxygen atoms in total. The van der Waals surface area contributed by atoms with Crippen molar-refractivity contribution in [2.24, 2.45) is 0 Å². The molecule has 1 aliphatic heterocycles. The minimum Gasteiger partial charge on any atom is -0.454 e. The van der Waals surface area contributed by atoms with Gasteiger partial charge in [-0.25, -0.2) is 9.78 Å². The van der Waals surface area contributed by atoms with Crippen molar-refractivity contribution in [3.05, 3.63) is 71.5 Å². The number of hydrogen-bond donors (Lipinski definition) is 2. The third-order valence-corrected chi connectivity index (χ3v) is 5.75. The lowest BCUT2D eigenvalue weighted by Gasteiger charge is -2.20.